The maximum atomic E-state index is 5.15. The molecule has 1 fully saturated rings. The number of hydrogen-bond donors (Lipinski definition) is 0. The molecule has 0 radical (unpaired) electrons. The first-order valence-corrected chi connectivity index (χ1v) is 23.3. The quantitative estimate of drug-likeness (QED) is 0.153. The van der Waals surface area contributed by atoms with Gasteiger partial charge < -0.3 is 0 Å². The summed E-state index contributed by atoms with van der Waals surface area (Å²) in [6, 6.07) is 80.8. The number of fused-ring (bicyclic) bond motifs is 5. The number of hydrogen-bond acceptors (Lipinski definition) is 3. The molecule has 2 aliphatic rings. The van der Waals surface area contributed by atoms with Crippen LogP contribution in [0.2, 0.25) is 0 Å². The minimum Gasteiger partial charge on any atom is -0.208 e. The summed E-state index contributed by atoms with van der Waals surface area (Å²) in [6.45, 7) is 0. The minimum absolute atomic E-state index is 0.141. The van der Waals surface area contributed by atoms with Crippen molar-refractivity contribution >= 4 is 0 Å². The summed E-state index contributed by atoms with van der Waals surface area (Å²) in [5, 5.41) is 0. The fraction of sp³-hybridized carbons (Fsp3) is 0.0952. The monoisotopic (exact) mass is 845 g/mol. The molecule has 0 amide bonds. The Morgan fingerprint density at radius 3 is 1.15 bits per heavy atom. The Morgan fingerprint density at radius 2 is 0.591 bits per heavy atom. The van der Waals surface area contributed by atoms with Crippen LogP contribution in [0.4, 0.5) is 0 Å². The zero-order chi connectivity index (χ0) is 43.9. The van der Waals surface area contributed by atoms with E-state index in [1.165, 1.54) is 82.2 Å². The van der Waals surface area contributed by atoms with Crippen LogP contribution in [0.25, 0.3) is 101 Å². The molecule has 12 rings (SSSR count). The van der Waals surface area contributed by atoms with Gasteiger partial charge in [0, 0.05) is 22.1 Å². The highest BCUT2D eigenvalue weighted by Crippen LogP contribution is 2.56. The molecule has 1 saturated carbocycles. The summed E-state index contributed by atoms with van der Waals surface area (Å²) in [5.74, 6) is 1.90. The minimum atomic E-state index is 0.141. The first-order valence-electron chi connectivity index (χ1n) is 23.3. The van der Waals surface area contributed by atoms with Gasteiger partial charge in [0.15, 0.2) is 17.5 Å². The molecule has 0 atom stereocenters. The average Bonchev–Trinajstić information content (AvgIpc) is 3.66. The molecule has 9 aromatic carbocycles. The molecule has 0 unspecified atom stereocenters. The van der Waals surface area contributed by atoms with Crippen LogP contribution >= 0.6 is 0 Å². The molecule has 10 aromatic rings. The smallest absolute Gasteiger partial charge is 0.164 e. The Kier molecular flexibility index (Phi) is 10.1. The van der Waals surface area contributed by atoms with Crippen molar-refractivity contribution in [1.29, 1.82) is 0 Å². The molecular formula is C63H47N3. The van der Waals surface area contributed by atoms with Gasteiger partial charge >= 0.3 is 0 Å². The standard InChI is InChI=1S/C63H47N3/c1-4-15-43(16-5-1)45-31-33-48(34-32-45)60-64-61(54-23-13-20-50(40-54)44-17-6-2-7-18-44)66-62(65-60)55-24-14-21-51(41-55)47-29-27-46(28-30-47)49-19-12-22-52(39-49)53-35-36-57-56-25-8-9-26-58(56)63(59(57)42-53)37-10-3-11-38-63/h1-2,4-9,12-36,39-42H,3,10-11,37-38H2. The van der Waals surface area contributed by atoms with Crippen molar-refractivity contribution in [2.24, 2.45) is 0 Å². The number of rotatable bonds is 8. The Balaban J connectivity index is 0.861. The van der Waals surface area contributed by atoms with Crippen molar-refractivity contribution in [1.82, 2.24) is 15.0 Å². The molecule has 0 aliphatic heterocycles. The largest absolute Gasteiger partial charge is 0.208 e. The highest BCUT2D eigenvalue weighted by molar-refractivity contribution is 5.85. The summed E-state index contributed by atoms with van der Waals surface area (Å²) < 4.78 is 0. The van der Waals surface area contributed by atoms with Gasteiger partial charge in [0.25, 0.3) is 0 Å². The fourth-order valence-corrected chi connectivity index (χ4v) is 10.6. The SMILES string of the molecule is c1ccc(-c2ccc(-c3nc(-c4cccc(-c5ccccc5)c4)nc(-c4cccc(-c5ccc(-c6cccc(-c7ccc8c(c7)C7(CCCCC7)c7ccccc7-8)c6)cc5)c4)n3)cc2)cc1. The molecule has 2 aliphatic carbocycles. The van der Waals surface area contributed by atoms with E-state index >= 15 is 0 Å². The average molecular weight is 846 g/mol. The van der Waals surface area contributed by atoms with Gasteiger partial charge in [0.05, 0.1) is 0 Å². The van der Waals surface area contributed by atoms with E-state index in [1.807, 2.05) is 12.1 Å². The molecular weight excluding hydrogens is 799 g/mol. The fourth-order valence-electron chi connectivity index (χ4n) is 10.6. The lowest BCUT2D eigenvalue weighted by Gasteiger charge is -2.36. The normalized spacial score (nSPS) is 13.6. The first kappa shape index (κ1) is 39.6. The van der Waals surface area contributed by atoms with Crippen molar-refractivity contribution in [3.05, 3.63) is 236 Å². The third-order valence-corrected chi connectivity index (χ3v) is 14.0. The van der Waals surface area contributed by atoms with Gasteiger partial charge in [-0.3, -0.25) is 0 Å². The summed E-state index contributed by atoms with van der Waals surface area (Å²) in [7, 11) is 0. The van der Waals surface area contributed by atoms with Gasteiger partial charge in [0.1, 0.15) is 0 Å². The lowest BCUT2D eigenvalue weighted by atomic mass is 9.67. The van der Waals surface area contributed by atoms with Crippen LogP contribution in [-0.2, 0) is 5.41 Å². The molecule has 0 saturated heterocycles. The van der Waals surface area contributed by atoms with Crippen molar-refractivity contribution in [3.8, 4) is 101 Å². The van der Waals surface area contributed by atoms with Crippen molar-refractivity contribution in [2.75, 3.05) is 0 Å². The predicted octanol–water partition coefficient (Wildman–Crippen LogP) is 16.4. The molecule has 1 spiro atoms. The molecule has 314 valence electrons. The molecule has 3 heteroatoms. The highest BCUT2D eigenvalue weighted by Gasteiger charge is 2.43. The molecule has 0 bridgehead atoms. The number of nitrogens with zero attached hydrogens (tertiary/aromatic N) is 3. The summed E-state index contributed by atoms with van der Waals surface area (Å²) in [4.78, 5) is 15.4. The zero-order valence-electron chi connectivity index (χ0n) is 36.7. The number of benzene rings is 9. The Hall–Kier alpha value is -8.01. The Bertz CT molecular complexity index is 3370. The Morgan fingerprint density at radius 1 is 0.242 bits per heavy atom. The summed E-state index contributed by atoms with van der Waals surface area (Å²) >= 11 is 0. The van der Waals surface area contributed by atoms with Gasteiger partial charge in [-0.1, -0.05) is 219 Å². The molecule has 0 N–H and O–H groups in total. The van der Waals surface area contributed by atoms with Crippen LogP contribution in [0.1, 0.15) is 43.2 Å². The van der Waals surface area contributed by atoms with Crippen LogP contribution < -0.4 is 0 Å². The van der Waals surface area contributed by atoms with Crippen LogP contribution in [0.3, 0.4) is 0 Å². The highest BCUT2D eigenvalue weighted by atomic mass is 15.0. The summed E-state index contributed by atoms with van der Waals surface area (Å²) in [6.07, 6.45) is 6.40. The van der Waals surface area contributed by atoms with Gasteiger partial charge in [-0.25, -0.2) is 15.0 Å². The Labute approximate surface area is 387 Å². The van der Waals surface area contributed by atoms with E-state index in [2.05, 4.69) is 212 Å². The van der Waals surface area contributed by atoms with Crippen molar-refractivity contribution < 1.29 is 0 Å². The topological polar surface area (TPSA) is 38.7 Å². The maximum Gasteiger partial charge on any atom is 0.164 e. The van der Waals surface area contributed by atoms with E-state index < -0.39 is 0 Å². The lowest BCUT2D eigenvalue weighted by Crippen LogP contribution is -2.28. The summed E-state index contributed by atoms with van der Waals surface area (Å²) in [5.41, 5.74) is 20.6. The van der Waals surface area contributed by atoms with E-state index in [-0.39, 0.29) is 5.41 Å². The zero-order valence-corrected chi connectivity index (χ0v) is 36.7. The maximum absolute atomic E-state index is 5.15. The van der Waals surface area contributed by atoms with Crippen LogP contribution in [0.15, 0.2) is 224 Å². The second-order valence-corrected chi connectivity index (χ2v) is 17.9. The van der Waals surface area contributed by atoms with Crippen molar-refractivity contribution in [3.63, 3.8) is 0 Å². The molecule has 1 heterocycles. The molecule has 66 heavy (non-hydrogen) atoms. The second kappa shape index (κ2) is 16.8. The number of aromatic nitrogens is 3. The van der Waals surface area contributed by atoms with Crippen LogP contribution in [-0.4, -0.2) is 15.0 Å². The van der Waals surface area contributed by atoms with E-state index in [0.717, 1.165) is 44.5 Å². The van der Waals surface area contributed by atoms with Crippen LogP contribution in [0.5, 0.6) is 0 Å². The van der Waals surface area contributed by atoms with E-state index in [9.17, 15) is 0 Å². The molecule has 1 aromatic heterocycles. The van der Waals surface area contributed by atoms with Gasteiger partial charge in [-0.15, -0.1) is 0 Å². The van der Waals surface area contributed by atoms with Crippen LogP contribution in [0, 0.1) is 0 Å². The predicted molar refractivity (Wildman–Crippen MR) is 273 cm³/mol. The van der Waals surface area contributed by atoms with Gasteiger partial charge in [-0.2, -0.15) is 0 Å². The molecule has 3 nitrogen and oxygen atoms in total. The van der Waals surface area contributed by atoms with Crippen molar-refractivity contribution in [2.45, 2.75) is 37.5 Å². The van der Waals surface area contributed by atoms with E-state index in [4.69, 9.17) is 15.0 Å². The third kappa shape index (κ3) is 7.33. The second-order valence-electron chi connectivity index (χ2n) is 17.9. The van der Waals surface area contributed by atoms with Gasteiger partial charge in [-0.05, 0) is 115 Å². The van der Waals surface area contributed by atoms with E-state index in [1.54, 1.807) is 0 Å². The lowest BCUT2D eigenvalue weighted by molar-refractivity contribution is 0.353. The van der Waals surface area contributed by atoms with Gasteiger partial charge in [0.2, 0.25) is 0 Å². The van der Waals surface area contributed by atoms with E-state index in [0.29, 0.717) is 17.5 Å². The third-order valence-electron chi connectivity index (χ3n) is 14.0. The first-order chi connectivity index (χ1) is 32.6.